The number of hydrogen-bond donors (Lipinski definition) is 1. The number of halogens is 1. The predicted octanol–water partition coefficient (Wildman–Crippen LogP) is 3.37. The van der Waals surface area contributed by atoms with Gasteiger partial charge in [-0.3, -0.25) is 10.1 Å². The van der Waals surface area contributed by atoms with Crippen LogP contribution in [0.4, 0.5) is 11.5 Å². The van der Waals surface area contributed by atoms with Crippen LogP contribution in [0.3, 0.4) is 0 Å². The van der Waals surface area contributed by atoms with Crippen LogP contribution in [0.1, 0.15) is 5.56 Å². The van der Waals surface area contributed by atoms with E-state index in [1.807, 2.05) is 24.3 Å². The smallest absolute Gasteiger partial charge is 0.331 e. The molecule has 1 aromatic heterocycles. The first-order chi connectivity index (χ1) is 9.61. The van der Waals surface area contributed by atoms with E-state index in [-0.39, 0.29) is 18.2 Å². The normalized spacial score (nSPS) is 10.1. The number of anilines is 1. The zero-order chi connectivity index (χ0) is 14.5. The van der Waals surface area contributed by atoms with E-state index >= 15 is 0 Å². The summed E-state index contributed by atoms with van der Waals surface area (Å²) in [6.45, 7) is 0.197. The van der Waals surface area contributed by atoms with Crippen molar-refractivity contribution in [1.82, 2.24) is 4.98 Å². The molecule has 0 unspecified atom stereocenters. The van der Waals surface area contributed by atoms with Crippen molar-refractivity contribution in [2.45, 2.75) is 6.61 Å². The van der Waals surface area contributed by atoms with Gasteiger partial charge in [-0.25, -0.2) is 0 Å². The van der Waals surface area contributed by atoms with Crippen LogP contribution in [0.25, 0.3) is 0 Å². The lowest BCUT2D eigenvalue weighted by Gasteiger charge is -2.08. The number of nitrogens with zero attached hydrogens (tertiary/aromatic N) is 2. The minimum atomic E-state index is -0.512. The van der Waals surface area contributed by atoms with E-state index in [1.54, 1.807) is 7.05 Å². The van der Waals surface area contributed by atoms with Crippen LogP contribution < -0.4 is 10.1 Å². The monoisotopic (exact) mass is 337 g/mol. The molecule has 1 aromatic carbocycles. The fraction of sp³-hybridized carbons (Fsp3) is 0.154. The third kappa shape index (κ3) is 3.24. The molecule has 0 aliphatic carbocycles. The van der Waals surface area contributed by atoms with Gasteiger partial charge < -0.3 is 10.1 Å². The molecule has 0 bridgehead atoms. The summed E-state index contributed by atoms with van der Waals surface area (Å²) < 4.78 is 6.37. The topological polar surface area (TPSA) is 77.3 Å². The Morgan fingerprint density at radius 2 is 2.10 bits per heavy atom. The molecule has 0 amide bonds. The number of rotatable bonds is 5. The van der Waals surface area contributed by atoms with E-state index in [2.05, 4.69) is 26.2 Å². The standard InChI is InChI=1S/C13H12BrN3O3/c1-15-12-7-6-11(17(18)19)13(16-12)20-8-9-4-2-3-5-10(9)14/h2-7H,8H2,1H3,(H,15,16). The summed E-state index contributed by atoms with van der Waals surface area (Å²) in [6.07, 6.45) is 0. The van der Waals surface area contributed by atoms with Crippen molar-refractivity contribution in [3.05, 3.63) is 56.5 Å². The van der Waals surface area contributed by atoms with Crippen molar-refractivity contribution in [3.8, 4) is 5.88 Å². The molecule has 2 rings (SSSR count). The SMILES string of the molecule is CNc1ccc([N+](=O)[O-])c(OCc2ccccc2Br)n1. The van der Waals surface area contributed by atoms with Crippen LogP contribution in [-0.4, -0.2) is 17.0 Å². The van der Waals surface area contributed by atoms with Gasteiger partial charge in [0.25, 0.3) is 5.88 Å². The Morgan fingerprint density at radius 3 is 2.75 bits per heavy atom. The van der Waals surface area contributed by atoms with E-state index in [1.165, 1.54) is 12.1 Å². The van der Waals surface area contributed by atoms with E-state index in [0.717, 1.165) is 10.0 Å². The molecule has 0 fully saturated rings. The van der Waals surface area contributed by atoms with E-state index < -0.39 is 4.92 Å². The zero-order valence-electron chi connectivity index (χ0n) is 10.7. The average Bonchev–Trinajstić information content (AvgIpc) is 2.46. The first kappa shape index (κ1) is 14.3. The Labute approximate surface area is 124 Å². The molecule has 104 valence electrons. The summed E-state index contributed by atoms with van der Waals surface area (Å²) in [6, 6.07) is 10.4. The van der Waals surface area contributed by atoms with Gasteiger partial charge in [0.05, 0.1) is 4.92 Å². The van der Waals surface area contributed by atoms with Gasteiger partial charge in [0.15, 0.2) is 0 Å². The predicted molar refractivity (Wildman–Crippen MR) is 78.9 cm³/mol. The van der Waals surface area contributed by atoms with Crippen LogP contribution in [-0.2, 0) is 6.61 Å². The van der Waals surface area contributed by atoms with Crippen molar-refractivity contribution in [2.24, 2.45) is 0 Å². The Bertz CT molecular complexity index is 634. The third-order valence-corrected chi connectivity index (χ3v) is 3.39. The van der Waals surface area contributed by atoms with E-state index in [9.17, 15) is 10.1 Å². The highest BCUT2D eigenvalue weighted by Crippen LogP contribution is 2.27. The second-order valence-electron chi connectivity index (χ2n) is 3.91. The van der Waals surface area contributed by atoms with E-state index in [0.29, 0.717) is 5.82 Å². The van der Waals surface area contributed by atoms with Crippen molar-refractivity contribution in [2.75, 3.05) is 12.4 Å². The molecule has 0 aliphatic heterocycles. The molecule has 0 aliphatic rings. The number of ether oxygens (including phenoxy) is 1. The Kier molecular flexibility index (Phi) is 4.52. The number of pyridine rings is 1. The molecular formula is C13H12BrN3O3. The van der Waals surface area contributed by atoms with Crippen LogP contribution in [0.5, 0.6) is 5.88 Å². The number of nitrogens with one attached hydrogen (secondary N) is 1. The minimum Gasteiger partial charge on any atom is -0.468 e. The molecule has 0 spiro atoms. The van der Waals surface area contributed by atoms with Gasteiger partial charge in [0.1, 0.15) is 12.4 Å². The largest absolute Gasteiger partial charge is 0.468 e. The minimum absolute atomic E-state index is 0.00222. The maximum Gasteiger partial charge on any atom is 0.331 e. The van der Waals surface area contributed by atoms with Gasteiger partial charge in [-0.1, -0.05) is 34.1 Å². The summed E-state index contributed by atoms with van der Waals surface area (Å²) in [7, 11) is 1.69. The lowest BCUT2D eigenvalue weighted by atomic mass is 10.2. The fourth-order valence-corrected chi connectivity index (χ4v) is 1.98. The van der Waals surface area contributed by atoms with Gasteiger partial charge in [-0.2, -0.15) is 4.98 Å². The maximum absolute atomic E-state index is 11.0. The van der Waals surface area contributed by atoms with Crippen molar-refractivity contribution in [1.29, 1.82) is 0 Å². The highest BCUT2D eigenvalue weighted by molar-refractivity contribution is 9.10. The fourth-order valence-electron chi connectivity index (χ4n) is 1.58. The van der Waals surface area contributed by atoms with Crippen molar-refractivity contribution in [3.63, 3.8) is 0 Å². The molecule has 0 saturated carbocycles. The Balaban J connectivity index is 2.24. The van der Waals surface area contributed by atoms with Gasteiger partial charge in [0.2, 0.25) is 0 Å². The molecular weight excluding hydrogens is 326 g/mol. The average molecular weight is 338 g/mol. The number of hydrogen-bond acceptors (Lipinski definition) is 5. The molecule has 0 atom stereocenters. The number of benzene rings is 1. The van der Waals surface area contributed by atoms with E-state index in [4.69, 9.17) is 4.74 Å². The molecule has 1 N–H and O–H groups in total. The number of aromatic nitrogens is 1. The molecule has 20 heavy (non-hydrogen) atoms. The maximum atomic E-state index is 11.0. The van der Waals surface area contributed by atoms with Gasteiger partial charge in [-0.05, 0) is 12.1 Å². The summed E-state index contributed by atoms with van der Waals surface area (Å²) in [4.78, 5) is 14.5. The molecule has 1 heterocycles. The molecule has 6 nitrogen and oxygen atoms in total. The molecule has 0 saturated heterocycles. The van der Waals surface area contributed by atoms with Gasteiger partial charge in [-0.15, -0.1) is 0 Å². The summed E-state index contributed by atoms with van der Waals surface area (Å²) in [5, 5.41) is 13.8. The Hall–Kier alpha value is -2.15. The summed E-state index contributed by atoms with van der Waals surface area (Å²) in [5.41, 5.74) is 0.731. The van der Waals surface area contributed by atoms with Crippen molar-refractivity contribution >= 4 is 27.4 Å². The van der Waals surface area contributed by atoms with Crippen LogP contribution >= 0.6 is 15.9 Å². The lowest BCUT2D eigenvalue weighted by Crippen LogP contribution is -2.03. The second kappa shape index (κ2) is 6.33. The quantitative estimate of drug-likeness (QED) is 0.668. The highest BCUT2D eigenvalue weighted by Gasteiger charge is 2.17. The first-order valence-corrected chi connectivity index (χ1v) is 6.60. The summed E-state index contributed by atoms with van der Waals surface area (Å²) in [5.74, 6) is 0.510. The molecule has 7 heteroatoms. The van der Waals surface area contributed by atoms with Crippen molar-refractivity contribution < 1.29 is 9.66 Å². The van der Waals surface area contributed by atoms with Crippen LogP contribution in [0.15, 0.2) is 40.9 Å². The van der Waals surface area contributed by atoms with Gasteiger partial charge >= 0.3 is 5.69 Å². The van der Waals surface area contributed by atoms with Crippen LogP contribution in [0, 0.1) is 10.1 Å². The molecule has 2 aromatic rings. The second-order valence-corrected chi connectivity index (χ2v) is 4.76. The third-order valence-electron chi connectivity index (χ3n) is 2.62. The number of nitro groups is 1. The van der Waals surface area contributed by atoms with Crippen LogP contribution in [0.2, 0.25) is 0 Å². The van der Waals surface area contributed by atoms with Gasteiger partial charge in [0, 0.05) is 23.2 Å². The Morgan fingerprint density at radius 1 is 1.35 bits per heavy atom. The highest BCUT2D eigenvalue weighted by atomic mass is 79.9. The lowest BCUT2D eigenvalue weighted by molar-refractivity contribution is -0.386. The zero-order valence-corrected chi connectivity index (χ0v) is 12.3. The first-order valence-electron chi connectivity index (χ1n) is 5.81. The molecule has 0 radical (unpaired) electrons. The summed E-state index contributed by atoms with van der Waals surface area (Å²) >= 11 is 3.40.